The van der Waals surface area contributed by atoms with Gasteiger partial charge in [-0.15, -0.1) is 0 Å². The van der Waals surface area contributed by atoms with Crippen molar-refractivity contribution in [1.29, 1.82) is 0 Å². The van der Waals surface area contributed by atoms with Crippen LogP contribution in [0.3, 0.4) is 0 Å². The van der Waals surface area contributed by atoms with Gasteiger partial charge >= 0.3 is 12.2 Å². The van der Waals surface area contributed by atoms with Gasteiger partial charge in [0.2, 0.25) is 11.8 Å². The summed E-state index contributed by atoms with van der Waals surface area (Å²) in [4.78, 5) is 73.4. The predicted octanol–water partition coefficient (Wildman–Crippen LogP) is 9.43. The number of hydrogen-bond acceptors (Lipinski definition) is 9. The van der Waals surface area contributed by atoms with E-state index in [2.05, 4.69) is 81.3 Å². The number of aromatic amines is 2. The molecule has 4 N–H and O–H groups in total. The van der Waals surface area contributed by atoms with Crippen LogP contribution in [0.15, 0.2) is 103 Å². The number of ether oxygens (including phenoxy) is 2. The minimum absolute atomic E-state index is 0.0408. The van der Waals surface area contributed by atoms with Crippen molar-refractivity contribution < 1.29 is 28.7 Å². The maximum absolute atomic E-state index is 14.4. The van der Waals surface area contributed by atoms with Crippen LogP contribution in [0.4, 0.5) is 9.59 Å². The van der Waals surface area contributed by atoms with Crippen molar-refractivity contribution in [2.45, 2.75) is 83.1 Å². The number of alkyl carbamates (subject to hydrolysis) is 2. The summed E-state index contributed by atoms with van der Waals surface area (Å²) in [5.74, 6) is 3.12. The van der Waals surface area contributed by atoms with Crippen molar-refractivity contribution in [3.8, 4) is 33.6 Å². The van der Waals surface area contributed by atoms with E-state index in [9.17, 15) is 19.2 Å². The van der Waals surface area contributed by atoms with E-state index in [0.29, 0.717) is 13.1 Å². The Labute approximate surface area is 395 Å². The van der Waals surface area contributed by atoms with E-state index in [1.54, 1.807) is 0 Å². The minimum atomic E-state index is -0.691. The molecule has 0 unspecified atom stereocenters. The zero-order chi connectivity index (χ0) is 46.4. The van der Waals surface area contributed by atoms with E-state index >= 15 is 0 Å². The van der Waals surface area contributed by atoms with Crippen LogP contribution in [0.2, 0.25) is 0 Å². The highest BCUT2D eigenvalue weighted by Gasteiger charge is 2.41. The van der Waals surface area contributed by atoms with E-state index in [4.69, 9.17) is 19.4 Å². The summed E-state index contributed by atoms with van der Waals surface area (Å²) < 4.78 is 10.4. The van der Waals surface area contributed by atoms with Gasteiger partial charge in [0.05, 0.1) is 43.0 Å². The van der Waals surface area contributed by atoms with Crippen LogP contribution in [0.5, 0.6) is 0 Å². The number of imidazole rings is 2. The number of methoxy groups -OCH3 is 1. The molecular weight excluding hydrogens is 865 g/mol. The van der Waals surface area contributed by atoms with Gasteiger partial charge in [-0.1, -0.05) is 92.7 Å². The van der Waals surface area contributed by atoms with Crippen LogP contribution >= 0.6 is 11.8 Å². The standard InChI is InChI=1S/C52H58N8O6S/c1-32(2)45(57-51(63)65-3)49(61)59-23-7-11-43(59)48-54-30-42(56-48)40-20-19-38-27-37(17-18-39(38)28-40)34-13-15-35(16-14-34)41-29-53-47(55-41)44-12-8-24-60(44)50(62)46(36-21-25-67-26-22-36)58-52(64)66-31-33-9-5-4-6-10-33/h4-6,9-10,13-20,27-30,32,36,43-46H,7-8,11-12,21-26,31H2,1-3H3,(H,53,55)(H,54,56)(H,57,63)(H,58,64)/t43-,44-,45-,46+/m0/s1. The largest absolute Gasteiger partial charge is 0.453 e. The molecule has 0 bridgehead atoms. The number of hydrogen-bond donors (Lipinski definition) is 4. The second kappa shape index (κ2) is 20.5. The summed E-state index contributed by atoms with van der Waals surface area (Å²) in [6, 6.07) is 29.0. The fourth-order valence-corrected chi connectivity index (χ4v) is 10.9. The van der Waals surface area contributed by atoms with E-state index in [0.717, 1.165) is 112 Å². The molecule has 15 heteroatoms. The van der Waals surface area contributed by atoms with Crippen LogP contribution in [0, 0.1) is 11.8 Å². The van der Waals surface area contributed by atoms with Gasteiger partial charge in [0.1, 0.15) is 30.3 Å². The number of rotatable bonds is 13. The van der Waals surface area contributed by atoms with Crippen molar-refractivity contribution in [2.24, 2.45) is 11.8 Å². The number of nitrogens with zero attached hydrogens (tertiary/aromatic N) is 4. The molecule has 0 saturated carbocycles. The summed E-state index contributed by atoms with van der Waals surface area (Å²) in [5.41, 5.74) is 6.80. The van der Waals surface area contributed by atoms with Gasteiger partial charge in [0, 0.05) is 18.7 Å². The third kappa shape index (κ3) is 10.2. The average Bonchev–Trinajstić information content (AvgIpc) is 4.22. The van der Waals surface area contributed by atoms with Crippen molar-refractivity contribution in [3.63, 3.8) is 0 Å². The maximum atomic E-state index is 14.4. The number of carbonyl (C=O) groups is 4. The van der Waals surface area contributed by atoms with Crippen LogP contribution in [0.25, 0.3) is 44.4 Å². The Morgan fingerprint density at radius 3 is 1.88 bits per heavy atom. The molecule has 5 heterocycles. The first-order valence-electron chi connectivity index (χ1n) is 23.4. The van der Waals surface area contributed by atoms with E-state index in [-0.39, 0.29) is 42.3 Å². The Kier molecular flexibility index (Phi) is 13.9. The first-order valence-corrected chi connectivity index (χ1v) is 24.5. The lowest BCUT2D eigenvalue weighted by Gasteiger charge is -2.34. The zero-order valence-electron chi connectivity index (χ0n) is 38.2. The monoisotopic (exact) mass is 922 g/mol. The second-order valence-electron chi connectivity index (χ2n) is 18.1. The number of thioether (sulfide) groups is 1. The molecule has 3 aliphatic heterocycles. The SMILES string of the molecule is COC(=O)N[C@H](C(=O)N1CCC[C@H]1c1ncc(-c2ccc3cc(-c4ccc(-c5cnc([C@@H]6CCCN6C(=O)[C@H](NC(=O)OCc6ccccc6)C6CCSCC6)[nH]5)cc4)ccc3c2)[nH]1)C(C)C. The number of aromatic nitrogens is 4. The molecule has 3 aliphatic rings. The maximum Gasteiger partial charge on any atom is 0.408 e. The first-order chi connectivity index (χ1) is 32.6. The lowest BCUT2D eigenvalue weighted by atomic mass is 9.92. The average molecular weight is 923 g/mol. The normalized spacial score (nSPS) is 18.5. The van der Waals surface area contributed by atoms with Gasteiger partial charge in [-0.05, 0) is 107 Å². The third-order valence-electron chi connectivity index (χ3n) is 13.5. The number of nitrogens with one attached hydrogen (secondary N) is 4. The number of fused-ring (bicyclic) bond motifs is 1. The molecule has 14 nitrogen and oxygen atoms in total. The van der Waals surface area contributed by atoms with Gasteiger partial charge in [0.15, 0.2) is 0 Å². The summed E-state index contributed by atoms with van der Waals surface area (Å²) in [7, 11) is 1.30. The van der Waals surface area contributed by atoms with E-state index in [1.165, 1.54) is 7.11 Å². The Bertz CT molecular complexity index is 2700. The van der Waals surface area contributed by atoms with Crippen LogP contribution in [-0.4, -0.2) is 97.5 Å². The Hall–Kier alpha value is -6.61. The summed E-state index contributed by atoms with van der Waals surface area (Å²) in [6.45, 7) is 5.15. The van der Waals surface area contributed by atoms with Gasteiger partial charge < -0.3 is 39.9 Å². The number of carbonyl (C=O) groups excluding carboxylic acids is 4. The highest BCUT2D eigenvalue weighted by Crippen LogP contribution is 2.37. The Morgan fingerprint density at radius 2 is 1.25 bits per heavy atom. The highest BCUT2D eigenvalue weighted by molar-refractivity contribution is 7.99. The van der Waals surface area contributed by atoms with Gasteiger partial charge in [-0.3, -0.25) is 9.59 Å². The molecule has 67 heavy (non-hydrogen) atoms. The lowest BCUT2D eigenvalue weighted by molar-refractivity contribution is -0.136. The second-order valence-corrected chi connectivity index (χ2v) is 19.3. The fraction of sp³-hybridized carbons (Fsp3) is 0.385. The molecule has 4 atom stereocenters. The predicted molar refractivity (Wildman–Crippen MR) is 260 cm³/mol. The van der Waals surface area contributed by atoms with Crippen molar-refractivity contribution in [2.75, 3.05) is 31.7 Å². The number of benzene rings is 4. The molecular formula is C52H58N8O6S. The van der Waals surface area contributed by atoms with E-state index in [1.807, 2.05) is 78.1 Å². The molecule has 4 amide bonds. The topological polar surface area (TPSA) is 175 Å². The number of H-pyrrole nitrogens is 2. The van der Waals surface area contributed by atoms with Crippen molar-refractivity contribution in [1.82, 2.24) is 40.4 Å². The van der Waals surface area contributed by atoms with Crippen LogP contribution < -0.4 is 10.6 Å². The first kappa shape index (κ1) is 45.5. The molecule has 9 rings (SSSR count). The quantitative estimate of drug-likeness (QED) is 0.0880. The molecule has 2 aromatic heterocycles. The van der Waals surface area contributed by atoms with Gasteiger partial charge in [-0.2, -0.15) is 11.8 Å². The zero-order valence-corrected chi connectivity index (χ0v) is 39.0. The molecule has 0 radical (unpaired) electrons. The van der Waals surface area contributed by atoms with Crippen LogP contribution in [0.1, 0.15) is 81.7 Å². The van der Waals surface area contributed by atoms with Gasteiger partial charge in [0.25, 0.3) is 0 Å². The summed E-state index contributed by atoms with van der Waals surface area (Å²) in [5, 5.41) is 7.89. The smallest absolute Gasteiger partial charge is 0.408 e. The molecule has 3 saturated heterocycles. The summed E-state index contributed by atoms with van der Waals surface area (Å²) >= 11 is 1.89. The highest BCUT2D eigenvalue weighted by atomic mass is 32.2. The Balaban J connectivity index is 0.850. The number of likely N-dealkylation sites (tertiary alicyclic amines) is 2. The summed E-state index contributed by atoms with van der Waals surface area (Å²) in [6.07, 6.45) is 7.46. The molecule has 3 fully saturated rings. The third-order valence-corrected chi connectivity index (χ3v) is 14.5. The van der Waals surface area contributed by atoms with Crippen molar-refractivity contribution in [3.05, 3.63) is 121 Å². The fourth-order valence-electron chi connectivity index (χ4n) is 9.75. The molecule has 0 spiro atoms. The number of amides is 4. The van der Waals surface area contributed by atoms with Crippen LogP contribution in [-0.2, 0) is 25.7 Å². The molecule has 348 valence electrons. The minimum Gasteiger partial charge on any atom is -0.453 e. The molecule has 0 aliphatic carbocycles. The Morgan fingerprint density at radius 1 is 0.687 bits per heavy atom. The van der Waals surface area contributed by atoms with Crippen molar-refractivity contribution >= 4 is 46.5 Å². The van der Waals surface area contributed by atoms with Gasteiger partial charge in [-0.25, -0.2) is 19.6 Å². The lowest BCUT2D eigenvalue weighted by Crippen LogP contribution is -2.53. The molecule has 6 aromatic rings. The van der Waals surface area contributed by atoms with E-state index < -0.39 is 24.3 Å². The molecule has 4 aromatic carbocycles.